The van der Waals surface area contributed by atoms with Gasteiger partial charge in [-0.25, -0.2) is 12.8 Å². The second-order valence-electron chi connectivity index (χ2n) is 11.3. The molecule has 0 saturated carbocycles. The minimum Gasteiger partial charge on any atom is -0.354 e. The van der Waals surface area contributed by atoms with Crippen LogP contribution in [-0.4, -0.2) is 44.3 Å². The largest absolute Gasteiger partial charge is 0.354 e. The SMILES string of the molecule is CCc1ccc(N(CC(=O)N(Cc2ccccc2F)C(Cc2ccccc2)C(=O)NCC(C)C)S(=O)(=O)c2ccccc2)cc1. The summed E-state index contributed by atoms with van der Waals surface area (Å²) in [7, 11) is -4.20. The maximum Gasteiger partial charge on any atom is 0.264 e. The molecule has 4 aromatic rings. The molecule has 1 N–H and O–H groups in total. The smallest absolute Gasteiger partial charge is 0.264 e. The molecule has 7 nitrogen and oxygen atoms in total. The number of carbonyl (C=O) groups excluding carboxylic acids is 2. The molecular formula is C36H40FN3O4S. The number of aryl methyl sites for hydroxylation is 1. The number of halogens is 1. The summed E-state index contributed by atoms with van der Waals surface area (Å²) in [6, 6.07) is 29.2. The van der Waals surface area contributed by atoms with Crippen molar-refractivity contribution < 1.29 is 22.4 Å². The Balaban J connectivity index is 1.80. The van der Waals surface area contributed by atoms with Crippen LogP contribution in [0.5, 0.6) is 0 Å². The van der Waals surface area contributed by atoms with E-state index in [1.165, 1.54) is 23.1 Å². The highest BCUT2D eigenvalue weighted by Gasteiger charge is 2.35. The Bertz CT molecular complexity index is 1660. The molecule has 4 rings (SSSR count). The minimum atomic E-state index is -4.20. The zero-order valence-electron chi connectivity index (χ0n) is 25.9. The van der Waals surface area contributed by atoms with E-state index in [2.05, 4.69) is 5.32 Å². The number of hydrogen-bond donors (Lipinski definition) is 1. The van der Waals surface area contributed by atoms with Gasteiger partial charge in [0, 0.05) is 25.1 Å². The lowest BCUT2D eigenvalue weighted by Gasteiger charge is -2.34. The average molecular weight is 630 g/mol. The fourth-order valence-electron chi connectivity index (χ4n) is 4.93. The van der Waals surface area contributed by atoms with Gasteiger partial charge in [0.1, 0.15) is 18.4 Å². The third-order valence-electron chi connectivity index (χ3n) is 7.50. The van der Waals surface area contributed by atoms with Crippen LogP contribution in [0.1, 0.15) is 37.5 Å². The van der Waals surface area contributed by atoms with E-state index in [1.807, 2.05) is 63.2 Å². The number of sulfonamides is 1. The van der Waals surface area contributed by atoms with Crippen molar-refractivity contribution in [2.24, 2.45) is 5.92 Å². The van der Waals surface area contributed by atoms with Gasteiger partial charge in [0.2, 0.25) is 11.8 Å². The molecule has 2 amide bonds. The Morgan fingerprint density at radius 2 is 1.40 bits per heavy atom. The fourth-order valence-corrected chi connectivity index (χ4v) is 6.37. The van der Waals surface area contributed by atoms with Gasteiger partial charge in [0.05, 0.1) is 10.6 Å². The Labute approximate surface area is 265 Å². The summed E-state index contributed by atoms with van der Waals surface area (Å²) in [5.74, 6) is -1.42. The van der Waals surface area contributed by atoms with E-state index >= 15 is 4.39 Å². The van der Waals surface area contributed by atoms with Crippen LogP contribution in [-0.2, 0) is 39.0 Å². The number of hydrogen-bond acceptors (Lipinski definition) is 4. The Hall–Kier alpha value is -4.50. The van der Waals surface area contributed by atoms with Gasteiger partial charge in [-0.15, -0.1) is 0 Å². The normalized spacial score (nSPS) is 12.0. The number of nitrogens with zero attached hydrogens (tertiary/aromatic N) is 2. The van der Waals surface area contributed by atoms with E-state index < -0.39 is 40.2 Å². The summed E-state index contributed by atoms with van der Waals surface area (Å²) in [4.78, 5) is 29.5. The quantitative estimate of drug-likeness (QED) is 0.186. The zero-order chi connectivity index (χ0) is 32.4. The molecule has 0 aliphatic rings. The molecule has 1 unspecified atom stereocenters. The van der Waals surface area contributed by atoms with Crippen LogP contribution < -0.4 is 9.62 Å². The molecule has 45 heavy (non-hydrogen) atoms. The third-order valence-corrected chi connectivity index (χ3v) is 9.28. The van der Waals surface area contributed by atoms with Gasteiger partial charge >= 0.3 is 0 Å². The number of carbonyl (C=O) groups is 2. The highest BCUT2D eigenvalue weighted by molar-refractivity contribution is 7.92. The van der Waals surface area contributed by atoms with E-state index in [4.69, 9.17) is 0 Å². The molecule has 0 spiro atoms. The second kappa shape index (κ2) is 15.5. The third kappa shape index (κ3) is 8.79. The summed E-state index contributed by atoms with van der Waals surface area (Å²) < 4.78 is 44.2. The molecule has 0 saturated heterocycles. The molecule has 0 bridgehead atoms. The molecule has 1 atom stereocenters. The van der Waals surface area contributed by atoms with Gasteiger partial charge in [-0.2, -0.15) is 0 Å². The van der Waals surface area contributed by atoms with E-state index in [0.29, 0.717) is 12.2 Å². The second-order valence-corrected chi connectivity index (χ2v) is 13.2. The highest BCUT2D eigenvalue weighted by Crippen LogP contribution is 2.26. The lowest BCUT2D eigenvalue weighted by Crippen LogP contribution is -2.53. The lowest BCUT2D eigenvalue weighted by molar-refractivity contribution is -0.140. The average Bonchev–Trinajstić information content (AvgIpc) is 3.05. The first kappa shape index (κ1) is 33.4. The van der Waals surface area contributed by atoms with E-state index in [0.717, 1.165) is 21.9 Å². The summed E-state index contributed by atoms with van der Waals surface area (Å²) in [5, 5.41) is 2.93. The first-order valence-corrected chi connectivity index (χ1v) is 16.6. The fraction of sp³-hybridized carbons (Fsp3) is 0.278. The topological polar surface area (TPSA) is 86.8 Å². The first-order valence-electron chi connectivity index (χ1n) is 15.1. The standard InChI is InChI=1S/C36H40FN3O4S/c1-4-28-19-21-31(22-20-28)40(45(43,44)32-16-9-6-10-17-32)26-35(41)39(25-30-15-11-12-18-33(30)37)34(36(42)38-24-27(2)3)23-29-13-7-5-8-14-29/h5-22,27,34H,4,23-26H2,1-3H3,(H,38,42). The molecule has 0 aliphatic heterocycles. The Morgan fingerprint density at radius 3 is 2.00 bits per heavy atom. The molecular weight excluding hydrogens is 589 g/mol. The van der Waals surface area contributed by atoms with Crippen LogP contribution >= 0.6 is 0 Å². The molecule has 0 aromatic heterocycles. The first-order chi connectivity index (χ1) is 21.6. The molecule has 0 heterocycles. The number of anilines is 1. The van der Waals surface area contributed by atoms with Crippen LogP contribution in [0.4, 0.5) is 10.1 Å². The van der Waals surface area contributed by atoms with Gasteiger partial charge in [-0.1, -0.05) is 99.6 Å². The maximum absolute atomic E-state index is 15.0. The predicted molar refractivity (Wildman–Crippen MR) is 176 cm³/mol. The van der Waals surface area contributed by atoms with E-state index in [9.17, 15) is 18.0 Å². The van der Waals surface area contributed by atoms with Crippen molar-refractivity contribution in [2.75, 3.05) is 17.4 Å². The molecule has 0 fully saturated rings. The van der Waals surface area contributed by atoms with Crippen molar-refractivity contribution in [3.63, 3.8) is 0 Å². The molecule has 0 radical (unpaired) electrons. The molecule has 4 aromatic carbocycles. The van der Waals surface area contributed by atoms with Gasteiger partial charge in [0.15, 0.2) is 0 Å². The van der Waals surface area contributed by atoms with Crippen molar-refractivity contribution in [2.45, 2.75) is 51.1 Å². The van der Waals surface area contributed by atoms with Crippen LogP contribution in [0.2, 0.25) is 0 Å². The lowest BCUT2D eigenvalue weighted by atomic mass is 10.0. The van der Waals surface area contributed by atoms with Gasteiger partial charge in [0.25, 0.3) is 10.0 Å². The monoisotopic (exact) mass is 629 g/mol. The van der Waals surface area contributed by atoms with Crippen molar-refractivity contribution in [1.82, 2.24) is 10.2 Å². The summed E-state index contributed by atoms with van der Waals surface area (Å²) >= 11 is 0. The summed E-state index contributed by atoms with van der Waals surface area (Å²) in [6.45, 7) is 5.47. The maximum atomic E-state index is 15.0. The Morgan fingerprint density at radius 1 is 0.800 bits per heavy atom. The van der Waals surface area contributed by atoms with Crippen molar-refractivity contribution in [3.05, 3.63) is 132 Å². The zero-order valence-corrected chi connectivity index (χ0v) is 26.7. The minimum absolute atomic E-state index is 0.0218. The van der Waals surface area contributed by atoms with Crippen LogP contribution in [0.25, 0.3) is 0 Å². The van der Waals surface area contributed by atoms with Crippen LogP contribution in [0.15, 0.2) is 114 Å². The molecule has 9 heteroatoms. The van der Waals surface area contributed by atoms with Crippen molar-refractivity contribution >= 4 is 27.5 Å². The van der Waals surface area contributed by atoms with Crippen LogP contribution in [0, 0.1) is 11.7 Å². The number of benzene rings is 4. The van der Waals surface area contributed by atoms with Crippen LogP contribution in [0.3, 0.4) is 0 Å². The molecule has 0 aliphatic carbocycles. The Kier molecular flexibility index (Phi) is 11.5. The predicted octanol–water partition coefficient (Wildman–Crippen LogP) is 6.00. The van der Waals surface area contributed by atoms with Crippen molar-refractivity contribution in [1.29, 1.82) is 0 Å². The highest BCUT2D eigenvalue weighted by atomic mass is 32.2. The summed E-state index contributed by atoms with van der Waals surface area (Å²) in [6.07, 6.45) is 0.912. The summed E-state index contributed by atoms with van der Waals surface area (Å²) in [5.41, 5.74) is 2.33. The number of amides is 2. The number of nitrogens with one attached hydrogen (secondary N) is 1. The number of rotatable bonds is 14. The van der Waals surface area contributed by atoms with Gasteiger partial charge in [-0.3, -0.25) is 13.9 Å². The van der Waals surface area contributed by atoms with Crippen molar-refractivity contribution in [3.8, 4) is 0 Å². The van der Waals surface area contributed by atoms with E-state index in [1.54, 1.807) is 48.5 Å². The van der Waals surface area contributed by atoms with E-state index in [-0.39, 0.29) is 29.3 Å². The van der Waals surface area contributed by atoms with Gasteiger partial charge < -0.3 is 10.2 Å². The van der Waals surface area contributed by atoms with Gasteiger partial charge in [-0.05, 0) is 53.8 Å². The molecule has 236 valence electrons.